The van der Waals surface area contributed by atoms with Gasteiger partial charge in [-0.15, -0.1) is 0 Å². The Balaban J connectivity index is 1.41. The first kappa shape index (κ1) is 20.1. The summed E-state index contributed by atoms with van der Waals surface area (Å²) in [5.41, 5.74) is 7.00. The van der Waals surface area contributed by atoms with Gasteiger partial charge in [-0.3, -0.25) is 20.1 Å². The quantitative estimate of drug-likeness (QED) is 0.403. The number of hydrogen-bond donors (Lipinski definition) is 2. The Morgan fingerprint density at radius 1 is 1.03 bits per heavy atom. The Hall–Kier alpha value is -3.64. The van der Waals surface area contributed by atoms with Gasteiger partial charge < -0.3 is 9.84 Å². The summed E-state index contributed by atoms with van der Waals surface area (Å²) < 4.78 is 5.59. The Bertz CT molecular complexity index is 956. The lowest BCUT2D eigenvalue weighted by Crippen LogP contribution is -2.17. The number of benzene rings is 2. The summed E-state index contributed by atoms with van der Waals surface area (Å²) in [7, 11) is 0. The fraction of sp³-hybridized carbons (Fsp3) is 0.130. The van der Waals surface area contributed by atoms with Crippen molar-refractivity contribution in [3.05, 3.63) is 90.6 Å². The molecule has 6 nitrogen and oxygen atoms in total. The number of aromatic nitrogens is 1. The van der Waals surface area contributed by atoms with Crippen LogP contribution in [-0.2, 0) is 16.1 Å². The van der Waals surface area contributed by atoms with Gasteiger partial charge >= 0.3 is 5.97 Å². The summed E-state index contributed by atoms with van der Waals surface area (Å²) in [5, 5.41) is 8.84. The highest BCUT2D eigenvalue weighted by atomic mass is 16.7. The van der Waals surface area contributed by atoms with Crippen LogP contribution < -0.4 is 10.2 Å². The van der Waals surface area contributed by atoms with Crippen LogP contribution in [0.25, 0.3) is 17.0 Å². The van der Waals surface area contributed by atoms with Gasteiger partial charge in [0.1, 0.15) is 19.0 Å². The van der Waals surface area contributed by atoms with Crippen LogP contribution in [0.4, 0.5) is 0 Å². The molecule has 1 heterocycles. The predicted octanol–water partition coefficient (Wildman–Crippen LogP) is 3.95. The van der Waals surface area contributed by atoms with E-state index in [0.717, 1.165) is 16.8 Å². The zero-order chi connectivity index (χ0) is 20.5. The number of rotatable bonds is 10. The molecule has 0 atom stereocenters. The molecular weight excluding hydrogens is 368 g/mol. The van der Waals surface area contributed by atoms with E-state index in [1.54, 1.807) is 30.5 Å². The van der Waals surface area contributed by atoms with Gasteiger partial charge in [0.05, 0.1) is 17.8 Å². The average Bonchev–Trinajstić information content (AvgIpc) is 2.74. The molecule has 0 bridgehead atoms. The molecule has 0 fully saturated rings. The minimum absolute atomic E-state index is 0.0335. The molecule has 0 aliphatic rings. The number of ether oxygens (including phenoxy) is 1. The highest BCUT2D eigenvalue weighted by molar-refractivity contribution is 5.70. The van der Waals surface area contributed by atoms with Crippen LogP contribution in [0.15, 0.2) is 79.5 Å². The normalized spacial score (nSPS) is 10.3. The third-order valence-electron chi connectivity index (χ3n) is 4.10. The van der Waals surface area contributed by atoms with Crippen LogP contribution >= 0.6 is 0 Å². The van der Waals surface area contributed by atoms with E-state index >= 15 is 0 Å². The van der Waals surface area contributed by atoms with Gasteiger partial charge in [0, 0.05) is 11.8 Å². The van der Waals surface area contributed by atoms with E-state index in [-0.39, 0.29) is 6.42 Å². The minimum atomic E-state index is -0.874. The Morgan fingerprint density at radius 3 is 2.59 bits per heavy atom. The lowest BCUT2D eigenvalue weighted by Gasteiger charge is -2.11. The van der Waals surface area contributed by atoms with Crippen LogP contribution in [-0.4, -0.2) is 29.3 Å². The van der Waals surface area contributed by atoms with Crippen LogP contribution in [0.5, 0.6) is 5.75 Å². The number of hydroxylamine groups is 1. The van der Waals surface area contributed by atoms with Crippen LogP contribution in [0, 0.1) is 0 Å². The van der Waals surface area contributed by atoms with E-state index in [9.17, 15) is 4.79 Å². The Morgan fingerprint density at radius 2 is 1.86 bits per heavy atom. The van der Waals surface area contributed by atoms with Crippen molar-refractivity contribution in [1.82, 2.24) is 10.5 Å². The molecule has 0 aliphatic carbocycles. The molecule has 0 saturated heterocycles. The molecule has 6 heteroatoms. The average molecular weight is 390 g/mol. The molecule has 3 aromatic rings. The smallest absolute Gasteiger partial charge is 0.307 e. The first-order valence-electron chi connectivity index (χ1n) is 9.14. The number of nitrogens with one attached hydrogen (secondary N) is 1. The predicted molar refractivity (Wildman–Crippen MR) is 111 cm³/mol. The molecule has 3 rings (SSSR count). The molecule has 29 heavy (non-hydrogen) atoms. The SMILES string of the molecule is C=C(NOCCOc1cccc(CC(=O)O)c1)c1ccc(-c2ccccn2)cc1. The summed E-state index contributed by atoms with van der Waals surface area (Å²) in [6, 6.07) is 20.7. The number of aliphatic carboxylic acids is 1. The van der Waals surface area contributed by atoms with Gasteiger partial charge in [0.2, 0.25) is 0 Å². The van der Waals surface area contributed by atoms with Crippen molar-refractivity contribution in [2.75, 3.05) is 13.2 Å². The number of pyridine rings is 1. The van der Waals surface area contributed by atoms with E-state index in [1.807, 2.05) is 42.5 Å². The van der Waals surface area contributed by atoms with Gasteiger partial charge in [-0.2, -0.15) is 0 Å². The van der Waals surface area contributed by atoms with Crippen LogP contribution in [0.3, 0.4) is 0 Å². The lowest BCUT2D eigenvalue weighted by atomic mass is 10.1. The lowest BCUT2D eigenvalue weighted by molar-refractivity contribution is -0.136. The van der Waals surface area contributed by atoms with Crippen molar-refractivity contribution in [3.8, 4) is 17.0 Å². The number of nitrogens with zero attached hydrogens (tertiary/aromatic N) is 1. The van der Waals surface area contributed by atoms with Gasteiger partial charge in [-0.25, -0.2) is 0 Å². The summed E-state index contributed by atoms with van der Waals surface area (Å²) in [4.78, 5) is 20.5. The first-order chi connectivity index (χ1) is 14.1. The molecule has 0 spiro atoms. The summed E-state index contributed by atoms with van der Waals surface area (Å²) in [5.74, 6) is -0.266. The van der Waals surface area contributed by atoms with Gasteiger partial charge in [0.15, 0.2) is 0 Å². The fourth-order valence-electron chi connectivity index (χ4n) is 2.69. The summed E-state index contributed by atoms with van der Waals surface area (Å²) >= 11 is 0. The topological polar surface area (TPSA) is 80.7 Å². The monoisotopic (exact) mass is 390 g/mol. The molecule has 0 saturated carbocycles. The summed E-state index contributed by atoms with van der Waals surface area (Å²) in [6.07, 6.45) is 1.73. The summed E-state index contributed by atoms with van der Waals surface area (Å²) in [6.45, 7) is 4.59. The number of hydrogen-bond acceptors (Lipinski definition) is 5. The van der Waals surface area contributed by atoms with E-state index in [2.05, 4.69) is 17.0 Å². The van der Waals surface area contributed by atoms with Gasteiger partial charge in [-0.05, 0) is 35.4 Å². The molecule has 2 N–H and O–H groups in total. The van der Waals surface area contributed by atoms with Crippen molar-refractivity contribution in [2.24, 2.45) is 0 Å². The van der Waals surface area contributed by atoms with Gasteiger partial charge in [-0.1, -0.05) is 49.0 Å². The van der Waals surface area contributed by atoms with Crippen molar-refractivity contribution in [3.63, 3.8) is 0 Å². The van der Waals surface area contributed by atoms with Crippen molar-refractivity contribution in [1.29, 1.82) is 0 Å². The second-order valence-corrected chi connectivity index (χ2v) is 6.29. The molecule has 1 aromatic heterocycles. The maximum absolute atomic E-state index is 10.8. The Labute approximate surface area is 169 Å². The maximum atomic E-state index is 10.8. The minimum Gasteiger partial charge on any atom is -0.491 e. The maximum Gasteiger partial charge on any atom is 0.307 e. The van der Waals surface area contributed by atoms with Gasteiger partial charge in [0.25, 0.3) is 0 Å². The number of carbonyl (C=O) groups is 1. The zero-order valence-corrected chi connectivity index (χ0v) is 15.9. The number of carboxylic acid groups (broad SMARTS) is 1. The molecule has 0 amide bonds. The zero-order valence-electron chi connectivity index (χ0n) is 15.9. The van der Waals surface area contributed by atoms with Crippen molar-refractivity contribution >= 4 is 11.7 Å². The first-order valence-corrected chi connectivity index (χ1v) is 9.14. The van der Waals surface area contributed by atoms with E-state index in [4.69, 9.17) is 14.7 Å². The van der Waals surface area contributed by atoms with E-state index < -0.39 is 5.97 Å². The van der Waals surface area contributed by atoms with Crippen LogP contribution in [0.1, 0.15) is 11.1 Å². The van der Waals surface area contributed by atoms with E-state index in [0.29, 0.717) is 30.2 Å². The molecule has 0 radical (unpaired) electrons. The van der Waals surface area contributed by atoms with Crippen molar-refractivity contribution < 1.29 is 19.5 Å². The second kappa shape index (κ2) is 10.1. The fourth-order valence-corrected chi connectivity index (χ4v) is 2.69. The molecule has 2 aromatic carbocycles. The largest absolute Gasteiger partial charge is 0.491 e. The molecular formula is C23H22N2O4. The Kier molecular flexibility index (Phi) is 6.97. The third kappa shape index (κ3) is 6.19. The second-order valence-electron chi connectivity index (χ2n) is 6.29. The molecule has 0 unspecified atom stereocenters. The van der Waals surface area contributed by atoms with E-state index in [1.165, 1.54) is 0 Å². The highest BCUT2D eigenvalue weighted by Gasteiger charge is 2.04. The highest BCUT2D eigenvalue weighted by Crippen LogP contribution is 2.19. The number of carboxylic acids is 1. The molecule has 0 aliphatic heterocycles. The standard InChI is InChI=1S/C23H22N2O4/c1-17(19-8-10-20(11-9-19)22-7-2-3-12-24-22)25-29-14-13-28-21-6-4-5-18(15-21)16-23(26)27/h2-12,15,25H,1,13-14,16H2,(H,26,27). The third-order valence-corrected chi connectivity index (χ3v) is 4.10. The van der Waals surface area contributed by atoms with Crippen LogP contribution in [0.2, 0.25) is 0 Å². The van der Waals surface area contributed by atoms with Crippen molar-refractivity contribution in [2.45, 2.75) is 6.42 Å². The molecule has 148 valence electrons.